The molecule has 0 atom stereocenters. The molecule has 4 nitrogen and oxygen atoms in total. The number of hydrogen-bond acceptors (Lipinski definition) is 3. The van der Waals surface area contributed by atoms with Gasteiger partial charge in [0, 0.05) is 19.3 Å². The first-order chi connectivity index (χ1) is 5.27. The minimum Gasteiger partial charge on any atom is -0.386 e. The number of H-pyrrole nitrogens is 1. The molecule has 0 radical (unpaired) electrons. The second kappa shape index (κ2) is 3.01. The first kappa shape index (κ1) is 7.53. The molecule has 0 fully saturated rings. The van der Waals surface area contributed by atoms with Crippen molar-refractivity contribution in [1.82, 2.24) is 4.98 Å². The van der Waals surface area contributed by atoms with E-state index in [0.717, 1.165) is 11.9 Å². The van der Waals surface area contributed by atoms with Gasteiger partial charge in [0.05, 0.1) is 11.4 Å². The molecule has 4 heteroatoms. The lowest BCUT2D eigenvalue weighted by molar-refractivity contribution is 1.21. The van der Waals surface area contributed by atoms with E-state index in [2.05, 4.69) is 10.3 Å². The van der Waals surface area contributed by atoms with Crippen molar-refractivity contribution in [2.75, 3.05) is 12.4 Å². The number of nitrogens with one attached hydrogen (secondary N) is 3. The smallest absolute Gasteiger partial charge is 0.248 e. The maximum atomic E-state index is 10.7. The Morgan fingerprint density at radius 3 is 2.91 bits per heavy atom. The Morgan fingerprint density at radius 2 is 2.36 bits per heavy atom. The number of rotatable bonds is 2. The van der Waals surface area contributed by atoms with Gasteiger partial charge in [-0.2, -0.15) is 0 Å². The first-order valence-electron chi connectivity index (χ1n) is 3.19. The van der Waals surface area contributed by atoms with Gasteiger partial charge < -0.3 is 15.7 Å². The van der Waals surface area contributed by atoms with Crippen molar-refractivity contribution in [2.45, 2.75) is 0 Å². The van der Waals surface area contributed by atoms with Gasteiger partial charge in [-0.05, 0) is 6.07 Å². The molecule has 1 aromatic heterocycles. The second-order valence-corrected chi connectivity index (χ2v) is 2.04. The molecule has 0 saturated carbocycles. The van der Waals surface area contributed by atoms with Crippen LogP contribution in [0, 0.1) is 5.41 Å². The average Bonchev–Trinajstić information content (AvgIpc) is 2.04. The van der Waals surface area contributed by atoms with Crippen LogP contribution in [-0.2, 0) is 0 Å². The lowest BCUT2D eigenvalue weighted by Gasteiger charge is -2.01. The topological polar surface area (TPSA) is 68.7 Å². The Hall–Kier alpha value is -1.58. The fourth-order valence-corrected chi connectivity index (χ4v) is 0.822. The van der Waals surface area contributed by atoms with Gasteiger partial charge in [0.25, 0.3) is 0 Å². The van der Waals surface area contributed by atoms with Crippen molar-refractivity contribution in [1.29, 1.82) is 5.41 Å². The van der Waals surface area contributed by atoms with Crippen LogP contribution >= 0.6 is 0 Å². The number of pyridine rings is 1. The molecule has 1 aromatic rings. The van der Waals surface area contributed by atoms with Crippen LogP contribution in [-0.4, -0.2) is 18.2 Å². The molecule has 0 unspecified atom stereocenters. The monoisotopic (exact) mass is 151 g/mol. The maximum Gasteiger partial charge on any atom is 0.248 e. The summed E-state index contributed by atoms with van der Waals surface area (Å²) in [4.78, 5) is 13.2. The van der Waals surface area contributed by atoms with E-state index in [9.17, 15) is 4.79 Å². The van der Waals surface area contributed by atoms with Crippen molar-refractivity contribution in [3.8, 4) is 0 Å². The lowest BCUT2D eigenvalue weighted by Crippen LogP contribution is -2.09. The molecular weight excluding hydrogens is 142 g/mol. The molecule has 0 aliphatic carbocycles. The maximum absolute atomic E-state index is 10.7. The minimum atomic E-state index is -0.192. The van der Waals surface area contributed by atoms with E-state index in [0.29, 0.717) is 5.69 Å². The summed E-state index contributed by atoms with van der Waals surface area (Å²) in [5.41, 5.74) is 1.06. The number of anilines is 1. The Labute approximate surface area is 63.8 Å². The van der Waals surface area contributed by atoms with E-state index in [-0.39, 0.29) is 5.56 Å². The van der Waals surface area contributed by atoms with E-state index < -0.39 is 0 Å². The molecule has 0 aliphatic heterocycles. The zero-order chi connectivity index (χ0) is 8.27. The Morgan fingerprint density at radius 1 is 1.64 bits per heavy atom. The van der Waals surface area contributed by atoms with Crippen LogP contribution in [0.15, 0.2) is 16.9 Å². The highest BCUT2D eigenvalue weighted by Gasteiger charge is 1.96. The largest absolute Gasteiger partial charge is 0.386 e. The molecule has 0 aliphatic rings. The van der Waals surface area contributed by atoms with Gasteiger partial charge in [-0.3, -0.25) is 4.79 Å². The fraction of sp³-hybridized carbons (Fsp3) is 0.143. The highest BCUT2D eigenvalue weighted by molar-refractivity contribution is 5.82. The molecule has 1 rings (SSSR count). The summed E-state index contributed by atoms with van der Waals surface area (Å²) in [6.45, 7) is 0. The summed E-state index contributed by atoms with van der Waals surface area (Å²) in [7, 11) is 1.74. The van der Waals surface area contributed by atoms with Crippen molar-refractivity contribution in [3.05, 3.63) is 28.2 Å². The van der Waals surface area contributed by atoms with Crippen molar-refractivity contribution >= 4 is 11.9 Å². The number of hydrogen-bond donors (Lipinski definition) is 3. The van der Waals surface area contributed by atoms with Crippen LogP contribution in [0.1, 0.15) is 5.69 Å². The Kier molecular flexibility index (Phi) is 2.06. The molecule has 3 N–H and O–H groups in total. The summed E-state index contributed by atoms with van der Waals surface area (Å²) in [5, 5.41) is 9.80. The molecule has 0 saturated heterocycles. The van der Waals surface area contributed by atoms with Crippen LogP contribution in [0.4, 0.5) is 5.69 Å². The van der Waals surface area contributed by atoms with E-state index in [4.69, 9.17) is 5.41 Å². The van der Waals surface area contributed by atoms with E-state index >= 15 is 0 Å². The van der Waals surface area contributed by atoms with Crippen molar-refractivity contribution < 1.29 is 0 Å². The van der Waals surface area contributed by atoms with Gasteiger partial charge in [-0.25, -0.2) is 0 Å². The molecule has 0 spiro atoms. The summed E-state index contributed by atoms with van der Waals surface area (Å²) >= 11 is 0. The van der Waals surface area contributed by atoms with Crippen molar-refractivity contribution in [2.24, 2.45) is 0 Å². The highest BCUT2D eigenvalue weighted by Crippen LogP contribution is 2.05. The predicted octanol–water partition coefficient (Wildman–Crippen LogP) is 0.414. The zero-order valence-corrected chi connectivity index (χ0v) is 6.14. The number of aromatic nitrogens is 1. The standard InChI is InChI=1S/C7H9N3O/c1-9-5-2-3-7(11)10-6(5)4-8/h2-4,8-9H,1H3,(H,10,11). The molecule has 11 heavy (non-hydrogen) atoms. The Bertz CT molecular complexity index is 316. The van der Waals surface area contributed by atoms with Gasteiger partial charge in [-0.15, -0.1) is 0 Å². The first-order valence-corrected chi connectivity index (χ1v) is 3.19. The van der Waals surface area contributed by atoms with E-state index in [1.807, 2.05) is 0 Å². The van der Waals surface area contributed by atoms with Gasteiger partial charge >= 0.3 is 0 Å². The third-order valence-corrected chi connectivity index (χ3v) is 1.36. The zero-order valence-electron chi connectivity index (χ0n) is 6.14. The summed E-state index contributed by atoms with van der Waals surface area (Å²) in [5.74, 6) is 0. The summed E-state index contributed by atoms with van der Waals surface area (Å²) < 4.78 is 0. The van der Waals surface area contributed by atoms with E-state index in [1.54, 1.807) is 13.1 Å². The van der Waals surface area contributed by atoms with Gasteiger partial charge in [-0.1, -0.05) is 0 Å². The van der Waals surface area contributed by atoms with Crippen LogP contribution in [0.3, 0.4) is 0 Å². The molecule has 0 amide bonds. The van der Waals surface area contributed by atoms with E-state index in [1.165, 1.54) is 6.07 Å². The lowest BCUT2D eigenvalue weighted by atomic mass is 10.3. The second-order valence-electron chi connectivity index (χ2n) is 2.04. The molecule has 0 aromatic carbocycles. The van der Waals surface area contributed by atoms with Crippen LogP contribution < -0.4 is 10.9 Å². The van der Waals surface area contributed by atoms with Gasteiger partial charge in [0.15, 0.2) is 0 Å². The molecule has 58 valence electrons. The third kappa shape index (κ3) is 1.46. The van der Waals surface area contributed by atoms with Crippen molar-refractivity contribution in [3.63, 3.8) is 0 Å². The quantitative estimate of drug-likeness (QED) is 0.536. The highest BCUT2D eigenvalue weighted by atomic mass is 16.1. The predicted molar refractivity (Wildman–Crippen MR) is 44.5 cm³/mol. The molecular formula is C7H9N3O. The molecule has 1 heterocycles. The average molecular weight is 151 g/mol. The van der Waals surface area contributed by atoms with Crippen LogP contribution in [0.5, 0.6) is 0 Å². The summed E-state index contributed by atoms with van der Waals surface area (Å²) in [6, 6.07) is 3.05. The van der Waals surface area contributed by atoms with Gasteiger partial charge in [0.2, 0.25) is 5.56 Å². The minimum absolute atomic E-state index is 0.192. The van der Waals surface area contributed by atoms with Crippen LogP contribution in [0.2, 0.25) is 0 Å². The third-order valence-electron chi connectivity index (χ3n) is 1.36. The van der Waals surface area contributed by atoms with Crippen LogP contribution in [0.25, 0.3) is 0 Å². The normalized spacial score (nSPS) is 9.18. The summed E-state index contributed by atoms with van der Waals surface area (Å²) in [6.07, 6.45) is 1.10. The number of aromatic amines is 1. The van der Waals surface area contributed by atoms with Gasteiger partial charge in [0.1, 0.15) is 0 Å². The SMILES string of the molecule is CNc1ccc(=O)[nH]c1C=N. The molecule has 0 bridgehead atoms. The Balaban J connectivity index is 3.27. The fourth-order valence-electron chi connectivity index (χ4n) is 0.822.